The van der Waals surface area contributed by atoms with E-state index in [0.717, 1.165) is 33.2 Å². The Kier molecular flexibility index (Phi) is 9.28. The minimum atomic E-state index is -0.364. The van der Waals surface area contributed by atoms with Gasteiger partial charge in [-0.3, -0.25) is 9.78 Å². The van der Waals surface area contributed by atoms with Gasteiger partial charge in [0.2, 0.25) is 5.91 Å². The van der Waals surface area contributed by atoms with Crippen molar-refractivity contribution in [1.29, 1.82) is 0 Å². The summed E-state index contributed by atoms with van der Waals surface area (Å²) in [6, 6.07) is 1.47. The number of hydrogen-bond donors (Lipinski definition) is 0. The van der Waals surface area contributed by atoms with Crippen LogP contribution in [0.2, 0.25) is 0 Å². The standard InChI is InChI=1S/C19H27FN2OS2/c1-7-8-17(15-9-16(20)11-21-10-15)25-19(13(2)3)22(5)18(23)14(4)12-24-6/h8-11,14H,7,12H2,1-6H3/b17-8-. The number of thioether (sulfide) groups is 2. The Hall–Kier alpha value is -1.27. The zero-order valence-electron chi connectivity index (χ0n) is 15.8. The van der Waals surface area contributed by atoms with Crippen LogP contribution in [0.3, 0.4) is 0 Å². The lowest BCUT2D eigenvalue weighted by Crippen LogP contribution is -2.31. The van der Waals surface area contributed by atoms with Crippen LogP contribution in [0, 0.1) is 11.7 Å². The molecule has 0 spiro atoms. The summed E-state index contributed by atoms with van der Waals surface area (Å²) in [6.07, 6.45) is 7.69. The second-order valence-electron chi connectivity index (χ2n) is 6.03. The summed E-state index contributed by atoms with van der Waals surface area (Å²) in [5.74, 6) is 0.461. The fraction of sp³-hybridized carbons (Fsp3) is 0.474. The van der Waals surface area contributed by atoms with Crippen LogP contribution in [0.4, 0.5) is 4.39 Å². The molecule has 25 heavy (non-hydrogen) atoms. The third kappa shape index (κ3) is 6.51. The molecule has 1 heterocycles. The van der Waals surface area contributed by atoms with Gasteiger partial charge in [-0.05, 0) is 38.2 Å². The Morgan fingerprint density at radius 3 is 2.60 bits per heavy atom. The van der Waals surface area contributed by atoms with Gasteiger partial charge < -0.3 is 4.90 Å². The second kappa shape index (κ2) is 10.7. The lowest BCUT2D eigenvalue weighted by atomic mass is 10.2. The first-order valence-corrected chi connectivity index (χ1v) is 10.5. The average molecular weight is 383 g/mol. The summed E-state index contributed by atoms with van der Waals surface area (Å²) in [7, 11) is 1.81. The number of rotatable bonds is 8. The van der Waals surface area contributed by atoms with E-state index in [1.54, 1.807) is 22.9 Å². The van der Waals surface area contributed by atoms with Crippen molar-refractivity contribution in [2.24, 2.45) is 5.92 Å². The summed E-state index contributed by atoms with van der Waals surface area (Å²) >= 11 is 3.15. The van der Waals surface area contributed by atoms with Crippen LogP contribution in [-0.2, 0) is 4.79 Å². The maximum absolute atomic E-state index is 13.6. The molecule has 0 saturated heterocycles. The molecule has 0 saturated carbocycles. The van der Waals surface area contributed by atoms with Gasteiger partial charge in [0, 0.05) is 35.4 Å². The van der Waals surface area contributed by atoms with Gasteiger partial charge in [-0.2, -0.15) is 11.8 Å². The lowest BCUT2D eigenvalue weighted by molar-refractivity contribution is -0.130. The predicted molar refractivity (Wildman–Crippen MR) is 109 cm³/mol. The number of pyridine rings is 1. The monoisotopic (exact) mass is 382 g/mol. The first kappa shape index (κ1) is 21.8. The van der Waals surface area contributed by atoms with Crippen LogP contribution < -0.4 is 0 Å². The Labute approximate surface area is 159 Å². The third-order valence-corrected chi connectivity index (χ3v) is 5.82. The largest absolute Gasteiger partial charge is 0.309 e. The number of amides is 1. The second-order valence-corrected chi connectivity index (χ2v) is 7.97. The highest BCUT2D eigenvalue weighted by molar-refractivity contribution is 8.11. The number of carbonyl (C=O) groups is 1. The molecule has 1 aromatic heterocycles. The molecule has 138 valence electrons. The molecule has 1 unspecified atom stereocenters. The number of nitrogens with zero attached hydrogens (tertiary/aromatic N) is 2. The molecule has 0 fully saturated rings. The highest BCUT2D eigenvalue weighted by Crippen LogP contribution is 2.37. The van der Waals surface area contributed by atoms with Crippen molar-refractivity contribution in [3.8, 4) is 0 Å². The van der Waals surface area contributed by atoms with Gasteiger partial charge >= 0.3 is 0 Å². The van der Waals surface area contributed by atoms with Gasteiger partial charge in [0.25, 0.3) is 0 Å². The van der Waals surface area contributed by atoms with Gasteiger partial charge in [-0.1, -0.05) is 31.7 Å². The zero-order valence-corrected chi connectivity index (χ0v) is 17.4. The van der Waals surface area contributed by atoms with Crippen molar-refractivity contribution in [2.45, 2.75) is 34.1 Å². The van der Waals surface area contributed by atoms with Crippen molar-refractivity contribution in [1.82, 2.24) is 9.88 Å². The van der Waals surface area contributed by atoms with Crippen LogP contribution in [0.5, 0.6) is 0 Å². The topological polar surface area (TPSA) is 33.2 Å². The highest BCUT2D eigenvalue weighted by atomic mass is 32.2. The molecule has 0 aliphatic carbocycles. The maximum Gasteiger partial charge on any atom is 0.230 e. The van der Waals surface area contributed by atoms with E-state index >= 15 is 0 Å². The molecular weight excluding hydrogens is 355 g/mol. The van der Waals surface area contributed by atoms with Crippen LogP contribution in [0.1, 0.15) is 39.7 Å². The molecule has 1 atom stereocenters. The van der Waals surface area contributed by atoms with Crippen molar-refractivity contribution in [2.75, 3.05) is 19.1 Å². The van der Waals surface area contributed by atoms with Crippen LogP contribution in [-0.4, -0.2) is 34.8 Å². The number of halogens is 1. The zero-order chi connectivity index (χ0) is 19.0. The number of allylic oxidation sites excluding steroid dienone is 2. The van der Waals surface area contributed by atoms with Crippen molar-refractivity contribution >= 4 is 34.3 Å². The molecule has 0 radical (unpaired) electrons. The minimum Gasteiger partial charge on any atom is -0.309 e. The van der Waals surface area contributed by atoms with E-state index in [-0.39, 0.29) is 17.6 Å². The van der Waals surface area contributed by atoms with Gasteiger partial charge in [-0.25, -0.2) is 4.39 Å². The van der Waals surface area contributed by atoms with E-state index in [1.807, 2.05) is 47.1 Å². The van der Waals surface area contributed by atoms with Crippen LogP contribution in [0.15, 0.2) is 35.1 Å². The quantitative estimate of drug-likeness (QED) is 0.601. The molecule has 1 rings (SSSR count). The maximum atomic E-state index is 13.6. The van der Waals surface area contributed by atoms with Crippen molar-refractivity contribution < 1.29 is 9.18 Å². The predicted octanol–water partition coefficient (Wildman–Crippen LogP) is 5.41. The Morgan fingerprint density at radius 1 is 1.40 bits per heavy atom. The first-order chi connectivity index (χ1) is 11.8. The van der Waals surface area contributed by atoms with E-state index < -0.39 is 0 Å². The molecule has 0 aromatic carbocycles. The van der Waals surface area contributed by atoms with Crippen molar-refractivity contribution in [3.05, 3.63) is 46.5 Å². The smallest absolute Gasteiger partial charge is 0.230 e. The van der Waals surface area contributed by atoms with E-state index in [9.17, 15) is 9.18 Å². The summed E-state index contributed by atoms with van der Waals surface area (Å²) < 4.78 is 13.6. The summed E-state index contributed by atoms with van der Waals surface area (Å²) in [6.45, 7) is 7.95. The van der Waals surface area contributed by atoms with E-state index in [2.05, 4.69) is 4.98 Å². The molecule has 6 heteroatoms. The molecule has 1 aromatic rings. The van der Waals surface area contributed by atoms with Gasteiger partial charge in [0.1, 0.15) is 5.82 Å². The van der Waals surface area contributed by atoms with Crippen LogP contribution in [0.25, 0.3) is 4.91 Å². The molecule has 0 aliphatic rings. The summed E-state index contributed by atoms with van der Waals surface area (Å²) in [4.78, 5) is 19.3. The molecule has 0 aliphatic heterocycles. The van der Waals surface area contributed by atoms with E-state index in [4.69, 9.17) is 0 Å². The summed E-state index contributed by atoms with van der Waals surface area (Å²) in [5, 5.41) is 0.877. The molecule has 0 bridgehead atoms. The van der Waals surface area contributed by atoms with Crippen LogP contribution >= 0.6 is 23.5 Å². The molecular formula is C19H27FN2OS2. The van der Waals surface area contributed by atoms with Crippen molar-refractivity contribution in [3.63, 3.8) is 0 Å². The van der Waals surface area contributed by atoms with Gasteiger partial charge in [-0.15, -0.1) is 0 Å². The molecule has 1 amide bonds. The van der Waals surface area contributed by atoms with Gasteiger partial charge in [0.15, 0.2) is 0 Å². The first-order valence-electron chi connectivity index (χ1n) is 8.24. The molecule has 0 N–H and O–H groups in total. The summed E-state index contributed by atoms with van der Waals surface area (Å²) in [5.41, 5.74) is 1.77. The van der Waals surface area contributed by atoms with E-state index in [1.165, 1.54) is 24.0 Å². The molecule has 3 nitrogen and oxygen atoms in total. The minimum absolute atomic E-state index is 0.0515. The highest BCUT2D eigenvalue weighted by Gasteiger charge is 2.22. The normalized spacial score (nSPS) is 12.7. The third-order valence-electron chi connectivity index (χ3n) is 3.49. The number of aromatic nitrogens is 1. The number of carbonyl (C=O) groups excluding carboxylic acids is 1. The average Bonchev–Trinajstić information content (AvgIpc) is 2.57. The number of hydrogen-bond acceptors (Lipinski definition) is 4. The van der Waals surface area contributed by atoms with Gasteiger partial charge in [0.05, 0.1) is 11.2 Å². The fourth-order valence-electron chi connectivity index (χ4n) is 2.31. The Balaban J connectivity index is 3.12. The Bertz CT molecular complexity index is 655. The SMILES string of the molecule is CC/C=C(\SC(=C(C)C)N(C)C(=O)C(C)CSC)c1cncc(F)c1. The van der Waals surface area contributed by atoms with E-state index in [0.29, 0.717) is 0 Å². The Morgan fingerprint density at radius 2 is 2.08 bits per heavy atom. The fourth-order valence-corrected chi connectivity index (χ4v) is 4.07. The lowest BCUT2D eigenvalue weighted by Gasteiger charge is -2.25.